The van der Waals surface area contributed by atoms with Gasteiger partial charge in [-0.3, -0.25) is 9.69 Å². The Morgan fingerprint density at radius 1 is 1.50 bits per heavy atom. The standard InChI is InChI=1S/C11H20N2O/c1-9(2)7-11(14)8-13-5-3-10(12)4-6-13/h10H,1,3-8,12H2,2H3. The van der Waals surface area contributed by atoms with E-state index in [9.17, 15) is 4.79 Å². The van der Waals surface area contributed by atoms with Crippen molar-refractivity contribution in [3.8, 4) is 0 Å². The average molecular weight is 196 g/mol. The molecule has 3 heteroatoms. The SMILES string of the molecule is C=C(C)CC(=O)CN1CCC(N)CC1. The van der Waals surface area contributed by atoms with Crippen LogP contribution in [0.25, 0.3) is 0 Å². The van der Waals surface area contributed by atoms with Gasteiger partial charge in [-0.05, 0) is 19.8 Å². The highest BCUT2D eigenvalue weighted by atomic mass is 16.1. The Kier molecular flexibility index (Phi) is 4.29. The molecule has 1 aliphatic heterocycles. The molecule has 0 radical (unpaired) electrons. The Morgan fingerprint density at radius 2 is 2.07 bits per heavy atom. The van der Waals surface area contributed by atoms with Gasteiger partial charge in [-0.15, -0.1) is 0 Å². The Labute approximate surface area is 86.0 Å². The number of piperidine rings is 1. The molecule has 0 saturated carbocycles. The second-order valence-electron chi connectivity index (χ2n) is 4.29. The number of nitrogens with zero attached hydrogens (tertiary/aromatic N) is 1. The van der Waals surface area contributed by atoms with Gasteiger partial charge in [0, 0.05) is 25.6 Å². The summed E-state index contributed by atoms with van der Waals surface area (Å²) in [7, 11) is 0. The number of Topliss-reactive ketones (excluding diaryl/α,β-unsaturated/α-hetero) is 1. The van der Waals surface area contributed by atoms with E-state index in [0.717, 1.165) is 31.5 Å². The zero-order valence-corrected chi connectivity index (χ0v) is 8.96. The van der Waals surface area contributed by atoms with Crippen LogP contribution >= 0.6 is 0 Å². The van der Waals surface area contributed by atoms with Crippen LogP contribution < -0.4 is 5.73 Å². The minimum atomic E-state index is 0.271. The molecule has 3 nitrogen and oxygen atoms in total. The summed E-state index contributed by atoms with van der Waals surface area (Å²) in [4.78, 5) is 13.7. The van der Waals surface area contributed by atoms with Crippen LogP contribution in [-0.4, -0.2) is 36.4 Å². The van der Waals surface area contributed by atoms with Crippen molar-refractivity contribution in [2.75, 3.05) is 19.6 Å². The molecular formula is C11H20N2O. The molecule has 1 saturated heterocycles. The summed E-state index contributed by atoms with van der Waals surface area (Å²) in [5.41, 5.74) is 6.73. The summed E-state index contributed by atoms with van der Waals surface area (Å²) in [5.74, 6) is 0.271. The van der Waals surface area contributed by atoms with E-state index in [1.54, 1.807) is 0 Å². The van der Waals surface area contributed by atoms with Crippen molar-refractivity contribution in [1.82, 2.24) is 4.90 Å². The molecule has 0 aromatic rings. The summed E-state index contributed by atoms with van der Waals surface area (Å²) in [6.07, 6.45) is 2.54. The van der Waals surface area contributed by atoms with Crippen molar-refractivity contribution in [1.29, 1.82) is 0 Å². The first-order valence-corrected chi connectivity index (χ1v) is 5.22. The monoisotopic (exact) mass is 196 g/mol. The summed E-state index contributed by atoms with van der Waals surface area (Å²) >= 11 is 0. The molecule has 80 valence electrons. The second kappa shape index (κ2) is 5.27. The van der Waals surface area contributed by atoms with Crippen molar-refractivity contribution in [3.05, 3.63) is 12.2 Å². The van der Waals surface area contributed by atoms with Gasteiger partial charge < -0.3 is 5.73 Å². The third-order valence-corrected chi connectivity index (χ3v) is 2.53. The van der Waals surface area contributed by atoms with Crippen LogP contribution in [0.4, 0.5) is 0 Å². The van der Waals surface area contributed by atoms with Gasteiger partial charge in [-0.2, -0.15) is 0 Å². The van der Waals surface area contributed by atoms with Gasteiger partial charge >= 0.3 is 0 Å². The molecule has 0 amide bonds. The minimum Gasteiger partial charge on any atom is -0.328 e. The number of hydrogen-bond acceptors (Lipinski definition) is 3. The number of likely N-dealkylation sites (tertiary alicyclic amines) is 1. The summed E-state index contributed by atoms with van der Waals surface area (Å²) in [5, 5.41) is 0. The molecule has 1 aliphatic rings. The fourth-order valence-electron chi connectivity index (χ4n) is 1.75. The Morgan fingerprint density at radius 3 is 2.57 bits per heavy atom. The van der Waals surface area contributed by atoms with Crippen LogP contribution in [0.2, 0.25) is 0 Å². The Bertz CT molecular complexity index is 217. The molecule has 2 N–H and O–H groups in total. The Hall–Kier alpha value is -0.670. The fraction of sp³-hybridized carbons (Fsp3) is 0.727. The third-order valence-electron chi connectivity index (χ3n) is 2.53. The van der Waals surface area contributed by atoms with E-state index in [1.807, 2.05) is 6.92 Å². The third kappa shape index (κ3) is 4.03. The number of carbonyl (C=O) groups is 1. The summed E-state index contributed by atoms with van der Waals surface area (Å²) in [6.45, 7) is 8.13. The van der Waals surface area contributed by atoms with Crippen LogP contribution in [0.5, 0.6) is 0 Å². The molecule has 14 heavy (non-hydrogen) atoms. The molecule has 1 fully saturated rings. The summed E-state index contributed by atoms with van der Waals surface area (Å²) in [6, 6.07) is 0.336. The highest BCUT2D eigenvalue weighted by molar-refractivity contribution is 5.82. The van der Waals surface area contributed by atoms with E-state index in [1.165, 1.54) is 0 Å². The van der Waals surface area contributed by atoms with Gasteiger partial charge in [0.15, 0.2) is 5.78 Å². The van der Waals surface area contributed by atoms with Crippen molar-refractivity contribution < 1.29 is 4.79 Å². The molecule has 0 spiro atoms. The first kappa shape index (κ1) is 11.4. The molecular weight excluding hydrogens is 176 g/mol. The summed E-state index contributed by atoms with van der Waals surface area (Å²) < 4.78 is 0. The lowest BCUT2D eigenvalue weighted by Gasteiger charge is -2.29. The fourth-order valence-corrected chi connectivity index (χ4v) is 1.75. The number of rotatable bonds is 4. The van der Waals surface area contributed by atoms with E-state index in [-0.39, 0.29) is 5.78 Å². The predicted molar refractivity (Wildman–Crippen MR) is 58.1 cm³/mol. The van der Waals surface area contributed by atoms with Crippen molar-refractivity contribution in [3.63, 3.8) is 0 Å². The van der Waals surface area contributed by atoms with Gasteiger partial charge in [0.25, 0.3) is 0 Å². The Balaban J connectivity index is 2.24. The highest BCUT2D eigenvalue weighted by Gasteiger charge is 2.17. The quantitative estimate of drug-likeness (QED) is 0.681. The van der Waals surface area contributed by atoms with E-state index in [0.29, 0.717) is 19.0 Å². The maximum absolute atomic E-state index is 11.5. The topological polar surface area (TPSA) is 46.3 Å². The number of ketones is 1. The number of allylic oxidation sites excluding steroid dienone is 1. The molecule has 0 atom stereocenters. The van der Waals surface area contributed by atoms with Gasteiger partial charge in [0.2, 0.25) is 0 Å². The maximum atomic E-state index is 11.5. The van der Waals surface area contributed by atoms with Crippen LogP contribution in [0.3, 0.4) is 0 Å². The largest absolute Gasteiger partial charge is 0.328 e. The molecule has 0 aromatic heterocycles. The van der Waals surface area contributed by atoms with Crippen molar-refractivity contribution in [2.24, 2.45) is 5.73 Å². The lowest BCUT2D eigenvalue weighted by molar-refractivity contribution is -0.119. The highest BCUT2D eigenvalue weighted by Crippen LogP contribution is 2.08. The van der Waals surface area contributed by atoms with Gasteiger partial charge in [-0.1, -0.05) is 12.2 Å². The van der Waals surface area contributed by atoms with Gasteiger partial charge in [-0.25, -0.2) is 0 Å². The number of carbonyl (C=O) groups excluding carboxylic acids is 1. The first-order chi connectivity index (χ1) is 6.58. The van der Waals surface area contributed by atoms with E-state index in [2.05, 4.69) is 11.5 Å². The normalized spacial score (nSPS) is 19.6. The van der Waals surface area contributed by atoms with Crippen molar-refractivity contribution >= 4 is 5.78 Å². The molecule has 0 aliphatic carbocycles. The van der Waals surface area contributed by atoms with E-state index >= 15 is 0 Å². The lowest BCUT2D eigenvalue weighted by atomic mass is 10.1. The number of hydrogen-bond donors (Lipinski definition) is 1. The smallest absolute Gasteiger partial charge is 0.150 e. The minimum absolute atomic E-state index is 0.271. The first-order valence-electron chi connectivity index (χ1n) is 5.22. The van der Waals surface area contributed by atoms with Gasteiger partial charge in [0.05, 0.1) is 6.54 Å². The molecule has 1 heterocycles. The molecule has 0 aromatic carbocycles. The molecule has 0 bridgehead atoms. The van der Waals surface area contributed by atoms with Crippen LogP contribution in [0.15, 0.2) is 12.2 Å². The predicted octanol–water partition coefficient (Wildman–Crippen LogP) is 0.945. The zero-order chi connectivity index (χ0) is 10.6. The van der Waals surface area contributed by atoms with E-state index < -0.39 is 0 Å². The van der Waals surface area contributed by atoms with Crippen LogP contribution in [-0.2, 0) is 4.79 Å². The zero-order valence-electron chi connectivity index (χ0n) is 8.96. The molecule has 0 unspecified atom stereocenters. The maximum Gasteiger partial charge on any atom is 0.150 e. The second-order valence-corrected chi connectivity index (χ2v) is 4.29. The van der Waals surface area contributed by atoms with E-state index in [4.69, 9.17) is 5.73 Å². The average Bonchev–Trinajstić information content (AvgIpc) is 2.07. The molecule has 1 rings (SSSR count). The lowest BCUT2D eigenvalue weighted by Crippen LogP contribution is -2.41. The number of nitrogens with two attached hydrogens (primary N) is 1. The van der Waals surface area contributed by atoms with Crippen LogP contribution in [0.1, 0.15) is 26.2 Å². The van der Waals surface area contributed by atoms with Gasteiger partial charge in [0.1, 0.15) is 0 Å². The van der Waals surface area contributed by atoms with Crippen LogP contribution in [0, 0.1) is 0 Å². The van der Waals surface area contributed by atoms with Crippen molar-refractivity contribution in [2.45, 2.75) is 32.2 Å².